The van der Waals surface area contributed by atoms with Crippen LogP contribution in [0.25, 0.3) is 0 Å². The van der Waals surface area contributed by atoms with Gasteiger partial charge in [-0.1, -0.05) is 87.5 Å². The minimum atomic E-state index is -1.47. The molecular formula is C24H26N2O2. The fourth-order valence-corrected chi connectivity index (χ4v) is 3.21. The largest absolute Gasteiger partial charge is 0.378 e. The van der Waals surface area contributed by atoms with Crippen molar-refractivity contribution in [1.82, 2.24) is 10.3 Å². The number of carbonyl (C=O) groups excluding carboxylic acids is 1. The van der Waals surface area contributed by atoms with Crippen LogP contribution in [0.15, 0.2) is 85.2 Å². The molecule has 4 nitrogen and oxygen atoms in total. The summed E-state index contributed by atoms with van der Waals surface area (Å²) in [5, 5.41) is 15.2. The summed E-state index contributed by atoms with van der Waals surface area (Å²) >= 11 is 0. The predicted molar refractivity (Wildman–Crippen MR) is 110 cm³/mol. The Labute approximate surface area is 166 Å². The molecule has 0 spiro atoms. The van der Waals surface area contributed by atoms with Crippen LogP contribution < -0.4 is 5.32 Å². The van der Waals surface area contributed by atoms with Crippen LogP contribution in [0.5, 0.6) is 0 Å². The van der Waals surface area contributed by atoms with Crippen LogP contribution in [0, 0.1) is 5.41 Å². The van der Waals surface area contributed by atoms with Crippen LogP contribution in [-0.2, 0) is 10.4 Å². The molecule has 1 atom stereocenters. The Morgan fingerprint density at radius 3 is 1.86 bits per heavy atom. The number of nitrogens with zero attached hydrogens (tertiary/aromatic N) is 1. The molecule has 0 bridgehead atoms. The molecule has 1 aromatic heterocycles. The van der Waals surface area contributed by atoms with Crippen molar-refractivity contribution in [2.75, 3.05) is 0 Å². The fraction of sp³-hybridized carbons (Fsp3) is 0.250. The highest BCUT2D eigenvalue weighted by Crippen LogP contribution is 2.41. The Bertz CT molecular complexity index is 864. The topological polar surface area (TPSA) is 62.2 Å². The van der Waals surface area contributed by atoms with Crippen molar-refractivity contribution in [1.29, 1.82) is 0 Å². The fourth-order valence-electron chi connectivity index (χ4n) is 3.21. The summed E-state index contributed by atoms with van der Waals surface area (Å²) in [6.45, 7) is 5.56. The number of carbonyl (C=O) groups is 1. The standard InChI is InChI=1S/C24H26N2O2/c1-23(2,3)22(27)26-21(18-11-10-16-25-17-18)24(28,19-12-6-4-7-13-19)20-14-8-5-9-15-20/h4-17,21,28H,1-3H3,(H,26,27). The second-order valence-corrected chi connectivity index (χ2v) is 7.94. The van der Waals surface area contributed by atoms with E-state index < -0.39 is 17.1 Å². The average Bonchev–Trinajstić information content (AvgIpc) is 2.72. The van der Waals surface area contributed by atoms with Crippen molar-refractivity contribution in [3.63, 3.8) is 0 Å². The van der Waals surface area contributed by atoms with E-state index in [1.165, 1.54) is 0 Å². The smallest absolute Gasteiger partial charge is 0.225 e. The monoisotopic (exact) mass is 374 g/mol. The molecule has 2 aromatic carbocycles. The average molecular weight is 374 g/mol. The molecule has 4 heteroatoms. The number of aliphatic hydroxyl groups is 1. The first kappa shape index (κ1) is 19.8. The van der Waals surface area contributed by atoms with Crippen molar-refractivity contribution in [3.05, 3.63) is 102 Å². The Hall–Kier alpha value is -2.98. The lowest BCUT2D eigenvalue weighted by atomic mass is 9.77. The van der Waals surface area contributed by atoms with E-state index in [4.69, 9.17) is 0 Å². The van der Waals surface area contributed by atoms with Gasteiger partial charge in [-0.05, 0) is 22.8 Å². The van der Waals surface area contributed by atoms with E-state index in [9.17, 15) is 9.90 Å². The third-order valence-electron chi connectivity index (χ3n) is 4.82. The van der Waals surface area contributed by atoms with Gasteiger partial charge in [0.25, 0.3) is 0 Å². The first-order valence-corrected chi connectivity index (χ1v) is 9.38. The third-order valence-corrected chi connectivity index (χ3v) is 4.82. The molecule has 0 saturated carbocycles. The zero-order chi connectivity index (χ0) is 20.2. The summed E-state index contributed by atoms with van der Waals surface area (Å²) in [6.07, 6.45) is 3.36. The van der Waals surface area contributed by atoms with Gasteiger partial charge in [-0.3, -0.25) is 9.78 Å². The van der Waals surface area contributed by atoms with E-state index in [2.05, 4.69) is 10.3 Å². The summed E-state index contributed by atoms with van der Waals surface area (Å²) in [6, 6.07) is 21.8. The van der Waals surface area contributed by atoms with Gasteiger partial charge in [0.15, 0.2) is 0 Å². The summed E-state index contributed by atoms with van der Waals surface area (Å²) in [4.78, 5) is 17.1. The Morgan fingerprint density at radius 2 is 1.43 bits per heavy atom. The molecule has 28 heavy (non-hydrogen) atoms. The zero-order valence-electron chi connectivity index (χ0n) is 16.5. The van der Waals surface area contributed by atoms with E-state index >= 15 is 0 Å². The molecule has 1 heterocycles. The molecule has 0 aliphatic carbocycles. The van der Waals surface area contributed by atoms with Gasteiger partial charge in [0, 0.05) is 17.8 Å². The van der Waals surface area contributed by atoms with E-state index in [-0.39, 0.29) is 5.91 Å². The number of hydrogen-bond donors (Lipinski definition) is 2. The van der Waals surface area contributed by atoms with Gasteiger partial charge in [0.2, 0.25) is 5.91 Å². The van der Waals surface area contributed by atoms with Crippen LogP contribution in [-0.4, -0.2) is 16.0 Å². The summed E-state index contributed by atoms with van der Waals surface area (Å²) in [5.41, 5.74) is 0.0603. The highest BCUT2D eigenvalue weighted by molar-refractivity contribution is 5.82. The van der Waals surface area contributed by atoms with E-state index in [0.717, 1.165) is 5.56 Å². The SMILES string of the molecule is CC(C)(C)C(=O)NC(c1cccnc1)C(O)(c1ccccc1)c1ccccc1. The second-order valence-electron chi connectivity index (χ2n) is 7.94. The third kappa shape index (κ3) is 3.97. The lowest BCUT2D eigenvalue weighted by molar-refractivity contribution is -0.131. The molecule has 0 saturated heterocycles. The van der Waals surface area contributed by atoms with Gasteiger partial charge in [0.05, 0.1) is 6.04 Å². The number of pyridine rings is 1. The number of nitrogens with one attached hydrogen (secondary N) is 1. The van der Waals surface area contributed by atoms with E-state index in [1.807, 2.05) is 93.6 Å². The maximum Gasteiger partial charge on any atom is 0.225 e. The van der Waals surface area contributed by atoms with Gasteiger partial charge >= 0.3 is 0 Å². The van der Waals surface area contributed by atoms with Crippen molar-refractivity contribution < 1.29 is 9.90 Å². The summed E-state index contributed by atoms with van der Waals surface area (Å²) in [7, 11) is 0. The van der Waals surface area contributed by atoms with E-state index in [0.29, 0.717) is 11.1 Å². The lowest BCUT2D eigenvalue weighted by Crippen LogP contribution is -2.48. The molecule has 144 valence electrons. The maximum absolute atomic E-state index is 12.9. The molecular weight excluding hydrogens is 348 g/mol. The number of amides is 1. The molecule has 0 aliphatic rings. The maximum atomic E-state index is 12.9. The van der Waals surface area contributed by atoms with Crippen LogP contribution >= 0.6 is 0 Å². The van der Waals surface area contributed by atoms with Crippen LogP contribution in [0.1, 0.15) is 43.5 Å². The van der Waals surface area contributed by atoms with Gasteiger partial charge in [-0.2, -0.15) is 0 Å². The molecule has 0 aliphatic heterocycles. The summed E-state index contributed by atoms with van der Waals surface area (Å²) < 4.78 is 0. The van der Waals surface area contributed by atoms with Crippen molar-refractivity contribution >= 4 is 5.91 Å². The number of benzene rings is 2. The van der Waals surface area contributed by atoms with Crippen molar-refractivity contribution in [3.8, 4) is 0 Å². The van der Waals surface area contributed by atoms with Crippen LogP contribution in [0.4, 0.5) is 0 Å². The minimum Gasteiger partial charge on any atom is -0.378 e. The highest BCUT2D eigenvalue weighted by atomic mass is 16.3. The summed E-state index contributed by atoms with van der Waals surface area (Å²) in [5.74, 6) is -0.147. The number of hydrogen-bond acceptors (Lipinski definition) is 3. The van der Waals surface area contributed by atoms with Crippen molar-refractivity contribution in [2.45, 2.75) is 32.4 Å². The quantitative estimate of drug-likeness (QED) is 0.703. The van der Waals surface area contributed by atoms with Crippen LogP contribution in [0.2, 0.25) is 0 Å². The first-order valence-electron chi connectivity index (χ1n) is 9.38. The van der Waals surface area contributed by atoms with Gasteiger partial charge in [0.1, 0.15) is 5.60 Å². The highest BCUT2D eigenvalue weighted by Gasteiger charge is 2.43. The first-order chi connectivity index (χ1) is 13.3. The molecule has 3 aromatic rings. The Morgan fingerprint density at radius 1 is 0.893 bits per heavy atom. The van der Waals surface area contributed by atoms with Gasteiger partial charge in [-0.15, -0.1) is 0 Å². The molecule has 0 radical (unpaired) electrons. The molecule has 0 fully saturated rings. The van der Waals surface area contributed by atoms with Gasteiger partial charge in [-0.25, -0.2) is 0 Å². The lowest BCUT2D eigenvalue weighted by Gasteiger charge is -2.39. The number of rotatable bonds is 5. The van der Waals surface area contributed by atoms with Crippen LogP contribution in [0.3, 0.4) is 0 Å². The second kappa shape index (κ2) is 7.95. The molecule has 1 unspecified atom stereocenters. The molecule has 3 rings (SSSR count). The normalized spacial score (nSPS) is 13.0. The molecule has 2 N–H and O–H groups in total. The van der Waals surface area contributed by atoms with Gasteiger partial charge < -0.3 is 10.4 Å². The number of aromatic nitrogens is 1. The Balaban J connectivity index is 2.21. The predicted octanol–water partition coefficient (Wildman–Crippen LogP) is 4.22. The molecule has 1 amide bonds. The van der Waals surface area contributed by atoms with E-state index in [1.54, 1.807) is 12.4 Å². The minimum absolute atomic E-state index is 0.147. The zero-order valence-corrected chi connectivity index (χ0v) is 16.5. The van der Waals surface area contributed by atoms with Crippen molar-refractivity contribution in [2.24, 2.45) is 5.41 Å². The Kier molecular flexibility index (Phi) is 5.61.